The highest BCUT2D eigenvalue weighted by atomic mass is 16.3. The van der Waals surface area contributed by atoms with Crippen molar-refractivity contribution in [3.63, 3.8) is 0 Å². The lowest BCUT2D eigenvalue weighted by atomic mass is 10.0. The van der Waals surface area contributed by atoms with Gasteiger partial charge in [-0.15, -0.1) is 0 Å². The first-order valence-corrected chi connectivity index (χ1v) is 4.81. The highest BCUT2D eigenvalue weighted by Gasteiger charge is 2.43. The second-order valence-electron chi connectivity index (χ2n) is 4.28. The van der Waals surface area contributed by atoms with E-state index in [0.29, 0.717) is 6.42 Å². The zero-order valence-electron chi connectivity index (χ0n) is 8.45. The summed E-state index contributed by atoms with van der Waals surface area (Å²) in [5.41, 5.74) is 0.257. The molecule has 0 aromatic heterocycles. The SMILES string of the molecule is CC(CO)N(C)CC1(CC#N)CC1. The Balaban J connectivity index is 2.36. The summed E-state index contributed by atoms with van der Waals surface area (Å²) in [6.07, 6.45) is 3.00. The van der Waals surface area contributed by atoms with E-state index in [1.807, 2.05) is 14.0 Å². The molecular weight excluding hydrogens is 164 g/mol. The van der Waals surface area contributed by atoms with Crippen LogP contribution in [0.3, 0.4) is 0 Å². The van der Waals surface area contributed by atoms with E-state index in [-0.39, 0.29) is 18.1 Å². The Kier molecular flexibility index (Phi) is 3.29. The number of nitrogens with zero attached hydrogens (tertiary/aromatic N) is 2. The minimum atomic E-state index is 0.194. The zero-order valence-corrected chi connectivity index (χ0v) is 8.45. The average molecular weight is 182 g/mol. The smallest absolute Gasteiger partial charge is 0.0628 e. The molecule has 3 heteroatoms. The summed E-state index contributed by atoms with van der Waals surface area (Å²) in [5, 5.41) is 17.6. The van der Waals surface area contributed by atoms with Crippen LogP contribution in [0.15, 0.2) is 0 Å². The van der Waals surface area contributed by atoms with Crippen molar-refractivity contribution in [2.24, 2.45) is 5.41 Å². The van der Waals surface area contributed by atoms with Crippen molar-refractivity contribution < 1.29 is 5.11 Å². The van der Waals surface area contributed by atoms with Crippen molar-refractivity contribution in [2.75, 3.05) is 20.2 Å². The molecule has 0 amide bonds. The van der Waals surface area contributed by atoms with Crippen molar-refractivity contribution in [3.05, 3.63) is 0 Å². The molecule has 1 atom stereocenters. The predicted molar refractivity (Wildman–Crippen MR) is 51.1 cm³/mol. The molecule has 1 saturated carbocycles. The minimum Gasteiger partial charge on any atom is -0.395 e. The van der Waals surface area contributed by atoms with Gasteiger partial charge in [0.05, 0.1) is 12.7 Å². The van der Waals surface area contributed by atoms with Gasteiger partial charge in [-0.25, -0.2) is 0 Å². The second kappa shape index (κ2) is 4.08. The standard InChI is InChI=1S/C10H18N2O/c1-9(7-13)12(2)8-10(3-4-10)5-6-11/h9,13H,3-5,7-8H2,1-2H3. The second-order valence-corrected chi connectivity index (χ2v) is 4.28. The number of aliphatic hydroxyl groups excluding tert-OH is 1. The summed E-state index contributed by atoms with van der Waals surface area (Å²) in [4.78, 5) is 2.14. The molecule has 0 heterocycles. The number of rotatable bonds is 5. The summed E-state index contributed by atoms with van der Waals surface area (Å²) in [5.74, 6) is 0. The molecule has 1 aliphatic rings. The van der Waals surface area contributed by atoms with E-state index in [4.69, 9.17) is 10.4 Å². The van der Waals surface area contributed by atoms with E-state index in [1.165, 1.54) is 12.8 Å². The van der Waals surface area contributed by atoms with E-state index in [2.05, 4.69) is 11.0 Å². The lowest BCUT2D eigenvalue weighted by Gasteiger charge is -2.26. The van der Waals surface area contributed by atoms with E-state index in [1.54, 1.807) is 0 Å². The van der Waals surface area contributed by atoms with Crippen molar-refractivity contribution in [1.82, 2.24) is 4.90 Å². The van der Waals surface area contributed by atoms with E-state index in [9.17, 15) is 0 Å². The third kappa shape index (κ3) is 2.68. The van der Waals surface area contributed by atoms with Crippen LogP contribution in [0.1, 0.15) is 26.2 Å². The predicted octanol–water partition coefficient (Wildman–Crippen LogP) is 0.993. The fraction of sp³-hybridized carbons (Fsp3) is 0.900. The minimum absolute atomic E-state index is 0.194. The van der Waals surface area contributed by atoms with E-state index in [0.717, 1.165) is 6.54 Å². The molecule has 0 aromatic rings. The van der Waals surface area contributed by atoms with Gasteiger partial charge in [0.2, 0.25) is 0 Å². The van der Waals surface area contributed by atoms with Crippen LogP contribution in [-0.2, 0) is 0 Å². The number of nitriles is 1. The third-order valence-electron chi connectivity index (χ3n) is 3.01. The topological polar surface area (TPSA) is 47.3 Å². The molecule has 1 N–H and O–H groups in total. The Morgan fingerprint density at radius 1 is 1.62 bits per heavy atom. The molecular formula is C10H18N2O. The zero-order chi connectivity index (χ0) is 9.90. The van der Waals surface area contributed by atoms with Gasteiger partial charge < -0.3 is 10.0 Å². The Labute approximate surface area is 80.0 Å². The van der Waals surface area contributed by atoms with Gasteiger partial charge in [0, 0.05) is 19.0 Å². The van der Waals surface area contributed by atoms with Crippen LogP contribution in [0.5, 0.6) is 0 Å². The molecule has 0 bridgehead atoms. The first-order chi connectivity index (χ1) is 6.13. The van der Waals surface area contributed by atoms with Crippen LogP contribution in [0.2, 0.25) is 0 Å². The van der Waals surface area contributed by atoms with Gasteiger partial charge in [0.25, 0.3) is 0 Å². The van der Waals surface area contributed by atoms with E-state index >= 15 is 0 Å². The van der Waals surface area contributed by atoms with Crippen molar-refractivity contribution in [2.45, 2.75) is 32.2 Å². The van der Waals surface area contributed by atoms with Crippen LogP contribution >= 0.6 is 0 Å². The molecule has 0 spiro atoms. The normalized spacial score (nSPS) is 21.2. The summed E-state index contributed by atoms with van der Waals surface area (Å²) < 4.78 is 0. The van der Waals surface area contributed by atoms with Gasteiger partial charge in [-0.1, -0.05) is 0 Å². The van der Waals surface area contributed by atoms with Crippen LogP contribution in [0.4, 0.5) is 0 Å². The van der Waals surface area contributed by atoms with Crippen molar-refractivity contribution >= 4 is 0 Å². The largest absolute Gasteiger partial charge is 0.395 e. The third-order valence-corrected chi connectivity index (χ3v) is 3.01. The maximum atomic E-state index is 8.95. The Morgan fingerprint density at radius 3 is 2.62 bits per heavy atom. The Hall–Kier alpha value is -0.590. The maximum Gasteiger partial charge on any atom is 0.0628 e. The van der Waals surface area contributed by atoms with Gasteiger partial charge in [-0.2, -0.15) is 5.26 Å². The number of hydrogen-bond donors (Lipinski definition) is 1. The van der Waals surface area contributed by atoms with Crippen molar-refractivity contribution in [3.8, 4) is 6.07 Å². The lowest BCUT2D eigenvalue weighted by Crippen LogP contribution is -2.36. The molecule has 3 nitrogen and oxygen atoms in total. The fourth-order valence-corrected chi connectivity index (χ4v) is 1.56. The van der Waals surface area contributed by atoms with Gasteiger partial charge in [-0.05, 0) is 32.2 Å². The summed E-state index contributed by atoms with van der Waals surface area (Å²) in [7, 11) is 2.01. The van der Waals surface area contributed by atoms with Gasteiger partial charge in [-0.3, -0.25) is 0 Å². The molecule has 0 radical (unpaired) electrons. The quantitative estimate of drug-likeness (QED) is 0.689. The number of hydrogen-bond acceptors (Lipinski definition) is 3. The van der Waals surface area contributed by atoms with Gasteiger partial charge >= 0.3 is 0 Å². The fourth-order valence-electron chi connectivity index (χ4n) is 1.56. The Bertz CT molecular complexity index is 205. The first kappa shape index (κ1) is 10.5. The average Bonchev–Trinajstić information content (AvgIpc) is 2.84. The van der Waals surface area contributed by atoms with Gasteiger partial charge in [0.15, 0.2) is 0 Å². The highest BCUT2D eigenvalue weighted by Crippen LogP contribution is 2.49. The number of aliphatic hydroxyl groups is 1. The van der Waals surface area contributed by atoms with Crippen LogP contribution in [0, 0.1) is 16.7 Å². The van der Waals surface area contributed by atoms with Crippen molar-refractivity contribution in [1.29, 1.82) is 5.26 Å². The molecule has 1 aliphatic carbocycles. The monoisotopic (exact) mass is 182 g/mol. The molecule has 0 aliphatic heterocycles. The molecule has 13 heavy (non-hydrogen) atoms. The molecule has 0 aromatic carbocycles. The molecule has 74 valence electrons. The summed E-state index contributed by atoms with van der Waals surface area (Å²) in [6, 6.07) is 2.45. The lowest BCUT2D eigenvalue weighted by molar-refractivity contribution is 0.138. The van der Waals surface area contributed by atoms with Crippen LogP contribution in [-0.4, -0.2) is 36.2 Å². The molecule has 1 fully saturated rings. The molecule has 1 unspecified atom stereocenters. The van der Waals surface area contributed by atoms with E-state index < -0.39 is 0 Å². The van der Waals surface area contributed by atoms with Gasteiger partial charge in [0.1, 0.15) is 0 Å². The maximum absolute atomic E-state index is 8.95. The summed E-state index contributed by atoms with van der Waals surface area (Å²) >= 11 is 0. The summed E-state index contributed by atoms with van der Waals surface area (Å²) in [6.45, 7) is 3.14. The highest BCUT2D eigenvalue weighted by molar-refractivity contribution is 5.01. The Morgan fingerprint density at radius 2 is 2.23 bits per heavy atom. The van der Waals surface area contributed by atoms with Crippen LogP contribution < -0.4 is 0 Å². The number of likely N-dealkylation sites (N-methyl/N-ethyl adjacent to an activating group) is 1. The van der Waals surface area contributed by atoms with Crippen LogP contribution in [0.25, 0.3) is 0 Å². The molecule has 0 saturated heterocycles. The molecule has 1 rings (SSSR count). The first-order valence-electron chi connectivity index (χ1n) is 4.81.